The molecule has 0 radical (unpaired) electrons. The summed E-state index contributed by atoms with van der Waals surface area (Å²) in [7, 11) is 0. The van der Waals surface area contributed by atoms with Crippen LogP contribution in [0.15, 0.2) is 42.5 Å². The zero-order valence-electron chi connectivity index (χ0n) is 18.6. The van der Waals surface area contributed by atoms with Gasteiger partial charge in [0.15, 0.2) is 0 Å². The molecule has 1 aliphatic heterocycles. The SMILES string of the molecule is O=C(O)C[C@@H](O)c1cccc(OCC2CCCCN2Cc2cc(C(F)(F)F)ccc2C(F)(F)F)c1. The second kappa shape index (κ2) is 10.9. The number of benzene rings is 2. The van der Waals surface area contributed by atoms with Crippen molar-refractivity contribution < 1.29 is 46.1 Å². The molecular weight excluding hydrogens is 480 g/mol. The number of piperidine rings is 1. The molecule has 3 rings (SSSR count). The number of halogens is 6. The van der Waals surface area contributed by atoms with E-state index < -0.39 is 47.5 Å². The van der Waals surface area contributed by atoms with Gasteiger partial charge in [0.25, 0.3) is 0 Å². The molecule has 1 aliphatic rings. The molecule has 0 aromatic heterocycles. The molecule has 0 bridgehead atoms. The lowest BCUT2D eigenvalue weighted by atomic mass is 9.98. The second-order valence-corrected chi connectivity index (χ2v) is 8.48. The Labute approximate surface area is 197 Å². The lowest BCUT2D eigenvalue weighted by Crippen LogP contribution is -2.43. The summed E-state index contributed by atoms with van der Waals surface area (Å²) in [6.07, 6.45) is -9.22. The first-order valence-electron chi connectivity index (χ1n) is 11.0. The topological polar surface area (TPSA) is 70.0 Å². The number of alkyl halides is 6. The average molecular weight is 505 g/mol. The third kappa shape index (κ3) is 7.35. The van der Waals surface area contributed by atoms with Crippen molar-refractivity contribution >= 4 is 5.97 Å². The smallest absolute Gasteiger partial charge is 0.416 e. The fourth-order valence-corrected chi connectivity index (χ4v) is 4.14. The lowest BCUT2D eigenvalue weighted by molar-refractivity contribution is -0.142. The van der Waals surface area contributed by atoms with Crippen molar-refractivity contribution in [1.82, 2.24) is 4.90 Å². The number of aliphatic hydroxyl groups excluding tert-OH is 1. The van der Waals surface area contributed by atoms with Crippen LogP contribution in [0.25, 0.3) is 0 Å². The van der Waals surface area contributed by atoms with Gasteiger partial charge in [-0.3, -0.25) is 9.69 Å². The second-order valence-electron chi connectivity index (χ2n) is 8.48. The van der Waals surface area contributed by atoms with Crippen molar-refractivity contribution in [3.8, 4) is 5.75 Å². The van der Waals surface area contributed by atoms with Crippen LogP contribution in [0.4, 0.5) is 26.3 Å². The van der Waals surface area contributed by atoms with E-state index >= 15 is 0 Å². The maximum absolute atomic E-state index is 13.5. The van der Waals surface area contributed by atoms with Crippen LogP contribution in [-0.4, -0.2) is 40.3 Å². The summed E-state index contributed by atoms with van der Waals surface area (Å²) < 4.78 is 85.7. The van der Waals surface area contributed by atoms with E-state index in [-0.39, 0.29) is 19.2 Å². The molecule has 2 N–H and O–H groups in total. The molecule has 1 heterocycles. The Hall–Kier alpha value is -2.79. The largest absolute Gasteiger partial charge is 0.492 e. The predicted molar refractivity (Wildman–Crippen MR) is 114 cm³/mol. The van der Waals surface area contributed by atoms with Crippen LogP contribution >= 0.6 is 0 Å². The van der Waals surface area contributed by atoms with Crippen LogP contribution in [0.3, 0.4) is 0 Å². The van der Waals surface area contributed by atoms with Gasteiger partial charge in [-0.15, -0.1) is 0 Å². The first-order chi connectivity index (χ1) is 16.3. The molecule has 192 valence electrons. The van der Waals surface area contributed by atoms with Gasteiger partial charge in [-0.25, -0.2) is 0 Å². The minimum Gasteiger partial charge on any atom is -0.492 e. The summed E-state index contributed by atoms with van der Waals surface area (Å²) in [4.78, 5) is 12.5. The third-order valence-electron chi connectivity index (χ3n) is 5.91. The molecule has 1 saturated heterocycles. The number of likely N-dealkylation sites (tertiary alicyclic amines) is 1. The molecular formula is C24H25F6NO4. The Morgan fingerprint density at radius 3 is 2.46 bits per heavy atom. The summed E-state index contributed by atoms with van der Waals surface area (Å²) in [5, 5.41) is 18.8. The number of carboxylic acid groups (broad SMARTS) is 1. The highest BCUT2D eigenvalue weighted by molar-refractivity contribution is 5.67. The van der Waals surface area contributed by atoms with E-state index in [1.807, 2.05) is 0 Å². The standard InChI is InChI=1S/C24H25F6NO4/c25-23(26,27)17-7-8-20(24(28,29)30)16(10-17)13-31-9-2-1-5-18(31)14-35-19-6-3-4-15(11-19)21(32)12-22(33)34/h3-4,6-8,10-11,18,21,32H,1-2,5,9,12-14H2,(H,33,34)/t18?,21-/m1/s1. The minimum absolute atomic E-state index is 0.0682. The van der Waals surface area contributed by atoms with Crippen molar-refractivity contribution in [2.45, 2.75) is 56.7 Å². The van der Waals surface area contributed by atoms with E-state index in [0.29, 0.717) is 48.9 Å². The van der Waals surface area contributed by atoms with E-state index in [9.17, 15) is 36.2 Å². The Kier molecular flexibility index (Phi) is 8.32. The summed E-state index contributed by atoms with van der Waals surface area (Å²) in [5.74, 6) is -0.831. The van der Waals surface area contributed by atoms with Crippen molar-refractivity contribution in [3.05, 3.63) is 64.7 Å². The number of carboxylic acids is 1. The Bertz CT molecular complexity index is 1020. The average Bonchev–Trinajstić information content (AvgIpc) is 2.77. The highest BCUT2D eigenvalue weighted by atomic mass is 19.4. The number of rotatable bonds is 8. The van der Waals surface area contributed by atoms with Crippen LogP contribution in [0.1, 0.15) is 54.0 Å². The minimum atomic E-state index is -4.79. The van der Waals surface area contributed by atoms with Gasteiger partial charge in [0.2, 0.25) is 0 Å². The lowest BCUT2D eigenvalue weighted by Gasteiger charge is -2.36. The number of nitrogens with zero attached hydrogens (tertiary/aromatic N) is 1. The van der Waals surface area contributed by atoms with E-state index in [1.54, 1.807) is 23.1 Å². The molecule has 2 atom stereocenters. The van der Waals surface area contributed by atoms with Gasteiger partial charge < -0.3 is 14.9 Å². The normalized spacial score (nSPS) is 18.3. The summed E-state index contributed by atoms with van der Waals surface area (Å²) in [6.45, 7) is 0.155. The number of hydrogen-bond donors (Lipinski definition) is 2. The van der Waals surface area contributed by atoms with E-state index in [4.69, 9.17) is 9.84 Å². The van der Waals surface area contributed by atoms with E-state index in [1.165, 1.54) is 6.07 Å². The molecule has 35 heavy (non-hydrogen) atoms. The molecule has 11 heteroatoms. The summed E-state index contributed by atoms with van der Waals surface area (Å²) in [6, 6.07) is 7.33. The Morgan fingerprint density at radius 2 is 1.80 bits per heavy atom. The van der Waals surface area contributed by atoms with Gasteiger partial charge in [-0.1, -0.05) is 18.6 Å². The van der Waals surface area contributed by atoms with Crippen molar-refractivity contribution in [2.24, 2.45) is 0 Å². The number of aliphatic carboxylic acids is 1. The predicted octanol–water partition coefficient (Wildman–Crippen LogP) is 5.67. The van der Waals surface area contributed by atoms with E-state index in [0.717, 1.165) is 6.42 Å². The molecule has 2 aromatic rings. The highest BCUT2D eigenvalue weighted by Crippen LogP contribution is 2.37. The highest BCUT2D eigenvalue weighted by Gasteiger charge is 2.38. The van der Waals surface area contributed by atoms with Crippen LogP contribution in [0, 0.1) is 0 Å². The zero-order chi connectivity index (χ0) is 25.8. The van der Waals surface area contributed by atoms with Crippen LogP contribution in [0.5, 0.6) is 5.75 Å². The Morgan fingerprint density at radius 1 is 1.06 bits per heavy atom. The number of carbonyl (C=O) groups is 1. The molecule has 0 aliphatic carbocycles. The van der Waals surface area contributed by atoms with Gasteiger partial charge in [0.05, 0.1) is 23.7 Å². The third-order valence-corrected chi connectivity index (χ3v) is 5.91. The fourth-order valence-electron chi connectivity index (χ4n) is 4.14. The number of hydrogen-bond acceptors (Lipinski definition) is 4. The van der Waals surface area contributed by atoms with Gasteiger partial charge in [-0.05, 0) is 60.8 Å². The molecule has 0 saturated carbocycles. The van der Waals surface area contributed by atoms with Crippen molar-refractivity contribution in [1.29, 1.82) is 0 Å². The monoisotopic (exact) mass is 505 g/mol. The molecule has 1 unspecified atom stereocenters. The molecule has 2 aromatic carbocycles. The maximum Gasteiger partial charge on any atom is 0.416 e. The maximum atomic E-state index is 13.5. The van der Waals surface area contributed by atoms with Gasteiger partial charge in [0.1, 0.15) is 12.4 Å². The van der Waals surface area contributed by atoms with Gasteiger partial charge in [-0.2, -0.15) is 26.3 Å². The quantitative estimate of drug-likeness (QED) is 0.453. The van der Waals surface area contributed by atoms with Crippen LogP contribution in [-0.2, 0) is 23.7 Å². The number of ether oxygens (including phenoxy) is 1. The van der Waals surface area contributed by atoms with E-state index in [2.05, 4.69) is 0 Å². The molecule has 0 amide bonds. The first kappa shape index (κ1) is 26.8. The van der Waals surface area contributed by atoms with Gasteiger partial charge in [0, 0.05) is 12.6 Å². The zero-order valence-corrected chi connectivity index (χ0v) is 18.6. The fraction of sp³-hybridized carbons (Fsp3) is 0.458. The number of aliphatic hydroxyl groups is 1. The van der Waals surface area contributed by atoms with Crippen LogP contribution < -0.4 is 4.74 Å². The molecule has 0 spiro atoms. The van der Waals surface area contributed by atoms with Crippen LogP contribution in [0.2, 0.25) is 0 Å². The first-order valence-corrected chi connectivity index (χ1v) is 11.0. The Balaban J connectivity index is 1.76. The molecule has 5 nitrogen and oxygen atoms in total. The van der Waals surface area contributed by atoms with Crippen molar-refractivity contribution in [3.63, 3.8) is 0 Å². The van der Waals surface area contributed by atoms with Gasteiger partial charge >= 0.3 is 18.3 Å². The summed E-state index contributed by atoms with van der Waals surface area (Å²) in [5.41, 5.74) is -2.35. The molecule has 1 fully saturated rings. The summed E-state index contributed by atoms with van der Waals surface area (Å²) >= 11 is 0. The van der Waals surface area contributed by atoms with Crippen molar-refractivity contribution in [2.75, 3.05) is 13.2 Å².